The number of carboxylic acid groups (broad SMARTS) is 1. The molecule has 0 saturated carbocycles. The van der Waals surface area contributed by atoms with E-state index in [1.165, 1.54) is 12.1 Å². The van der Waals surface area contributed by atoms with E-state index >= 15 is 0 Å². The van der Waals surface area contributed by atoms with E-state index in [2.05, 4.69) is 6.92 Å². The number of rotatable bonds is 8. The maximum Gasteiger partial charge on any atom is 0.339 e. The van der Waals surface area contributed by atoms with Gasteiger partial charge < -0.3 is 9.84 Å². The number of carbonyl (C=O) groups is 2. The molecule has 25 heavy (non-hydrogen) atoms. The van der Waals surface area contributed by atoms with Crippen molar-refractivity contribution in [3.05, 3.63) is 59.7 Å². The molecular weight excluding hydrogens is 316 g/mol. The van der Waals surface area contributed by atoms with Crippen LogP contribution in [0.5, 0.6) is 0 Å². The van der Waals surface area contributed by atoms with E-state index in [0.29, 0.717) is 5.56 Å². The quantitative estimate of drug-likeness (QED) is 0.531. The van der Waals surface area contributed by atoms with Crippen molar-refractivity contribution in [2.24, 2.45) is 0 Å². The molecule has 2 aromatic rings. The summed E-state index contributed by atoms with van der Waals surface area (Å²) >= 11 is 0. The zero-order valence-electron chi connectivity index (χ0n) is 14.7. The van der Waals surface area contributed by atoms with Crippen molar-refractivity contribution in [1.29, 1.82) is 0 Å². The Morgan fingerprint density at radius 2 is 1.80 bits per heavy atom. The molecule has 0 aliphatic rings. The second kappa shape index (κ2) is 9.02. The Kier molecular flexibility index (Phi) is 6.75. The van der Waals surface area contributed by atoms with E-state index in [9.17, 15) is 14.7 Å². The zero-order valence-corrected chi connectivity index (χ0v) is 14.7. The van der Waals surface area contributed by atoms with Crippen molar-refractivity contribution >= 4 is 11.9 Å². The van der Waals surface area contributed by atoms with Crippen LogP contribution in [-0.4, -0.2) is 23.1 Å². The maximum absolute atomic E-state index is 12.6. The van der Waals surface area contributed by atoms with E-state index in [1.807, 2.05) is 37.3 Å². The Hall–Kier alpha value is -2.62. The first-order valence-electron chi connectivity index (χ1n) is 8.66. The van der Waals surface area contributed by atoms with Crippen molar-refractivity contribution in [2.75, 3.05) is 0 Å². The first-order chi connectivity index (χ1) is 12.0. The molecule has 0 saturated heterocycles. The molecule has 4 nitrogen and oxygen atoms in total. The minimum absolute atomic E-state index is 0.0743. The molecule has 2 aromatic carbocycles. The van der Waals surface area contributed by atoms with Crippen LogP contribution in [0.3, 0.4) is 0 Å². The minimum atomic E-state index is -1.07. The summed E-state index contributed by atoms with van der Waals surface area (Å²) in [5.41, 5.74) is 1.89. The van der Waals surface area contributed by atoms with Crippen LogP contribution in [0.25, 0.3) is 11.1 Å². The number of ether oxygens (including phenoxy) is 1. The van der Waals surface area contributed by atoms with E-state index in [0.717, 1.165) is 31.2 Å². The van der Waals surface area contributed by atoms with Crippen molar-refractivity contribution in [1.82, 2.24) is 0 Å². The fraction of sp³-hybridized carbons (Fsp3) is 0.333. The van der Waals surface area contributed by atoms with Crippen LogP contribution in [0.1, 0.15) is 60.2 Å². The van der Waals surface area contributed by atoms with Gasteiger partial charge in [-0.25, -0.2) is 9.59 Å². The Morgan fingerprint density at radius 1 is 1.08 bits per heavy atom. The van der Waals surface area contributed by atoms with Gasteiger partial charge in [-0.2, -0.15) is 0 Å². The molecular formula is C21H24O4. The summed E-state index contributed by atoms with van der Waals surface area (Å²) < 4.78 is 5.55. The molecule has 0 aromatic heterocycles. The van der Waals surface area contributed by atoms with Gasteiger partial charge in [0.25, 0.3) is 0 Å². The van der Waals surface area contributed by atoms with Crippen LogP contribution < -0.4 is 0 Å². The summed E-state index contributed by atoms with van der Waals surface area (Å²) in [6.45, 7) is 4.00. The predicted molar refractivity (Wildman–Crippen MR) is 97.9 cm³/mol. The number of benzene rings is 2. The number of unbranched alkanes of at least 4 members (excludes halogenated alkanes) is 2. The number of aromatic carboxylic acids is 1. The fourth-order valence-corrected chi connectivity index (χ4v) is 2.70. The van der Waals surface area contributed by atoms with Gasteiger partial charge in [-0.1, -0.05) is 56.2 Å². The van der Waals surface area contributed by atoms with Crippen LogP contribution in [0.15, 0.2) is 48.5 Å². The number of hydrogen-bond donors (Lipinski definition) is 1. The number of hydrogen-bond acceptors (Lipinski definition) is 3. The topological polar surface area (TPSA) is 63.6 Å². The molecule has 1 N–H and O–H groups in total. The highest BCUT2D eigenvalue weighted by Gasteiger charge is 2.19. The van der Waals surface area contributed by atoms with E-state index in [4.69, 9.17) is 4.74 Å². The van der Waals surface area contributed by atoms with Crippen LogP contribution in [-0.2, 0) is 4.74 Å². The molecule has 0 bridgehead atoms. The van der Waals surface area contributed by atoms with E-state index < -0.39 is 11.9 Å². The molecule has 0 heterocycles. The van der Waals surface area contributed by atoms with Gasteiger partial charge in [-0.3, -0.25) is 0 Å². The SMILES string of the molecule is CCCCC[C@@H](C)OC(=O)c1cc(C(=O)O)ccc1-c1ccccc1. The molecule has 0 fully saturated rings. The first kappa shape index (κ1) is 18.7. The third-order valence-electron chi connectivity index (χ3n) is 4.09. The Bertz CT molecular complexity index is 722. The molecule has 0 radical (unpaired) electrons. The molecule has 0 amide bonds. The first-order valence-corrected chi connectivity index (χ1v) is 8.66. The Morgan fingerprint density at radius 3 is 2.44 bits per heavy atom. The molecule has 132 valence electrons. The lowest BCUT2D eigenvalue weighted by molar-refractivity contribution is 0.0320. The molecule has 0 spiro atoms. The lowest BCUT2D eigenvalue weighted by Gasteiger charge is -2.15. The molecule has 0 aliphatic heterocycles. The second-order valence-corrected chi connectivity index (χ2v) is 6.14. The number of carboxylic acids is 1. The van der Waals surface area contributed by atoms with Gasteiger partial charge in [0, 0.05) is 0 Å². The summed E-state index contributed by atoms with van der Waals surface area (Å²) in [5, 5.41) is 9.23. The molecule has 0 aliphatic carbocycles. The van der Waals surface area contributed by atoms with Crippen LogP contribution >= 0.6 is 0 Å². The minimum Gasteiger partial charge on any atom is -0.478 e. The van der Waals surface area contributed by atoms with Crippen molar-refractivity contribution < 1.29 is 19.4 Å². The van der Waals surface area contributed by atoms with Crippen molar-refractivity contribution in [2.45, 2.75) is 45.6 Å². The van der Waals surface area contributed by atoms with Gasteiger partial charge in [0.15, 0.2) is 0 Å². The third-order valence-corrected chi connectivity index (χ3v) is 4.09. The fourth-order valence-electron chi connectivity index (χ4n) is 2.70. The summed E-state index contributed by atoms with van der Waals surface area (Å²) in [5.74, 6) is -1.55. The number of esters is 1. The van der Waals surface area contributed by atoms with Gasteiger partial charge in [0.05, 0.1) is 17.2 Å². The predicted octanol–water partition coefficient (Wildman–Crippen LogP) is 5.18. The lowest BCUT2D eigenvalue weighted by Crippen LogP contribution is -2.16. The van der Waals surface area contributed by atoms with Crippen LogP contribution in [0.4, 0.5) is 0 Å². The lowest BCUT2D eigenvalue weighted by atomic mass is 9.97. The summed E-state index contributed by atoms with van der Waals surface area (Å²) in [7, 11) is 0. The van der Waals surface area contributed by atoms with Crippen LogP contribution in [0.2, 0.25) is 0 Å². The normalized spacial score (nSPS) is 11.8. The molecule has 1 atom stereocenters. The summed E-state index contributed by atoms with van der Waals surface area (Å²) in [6, 6.07) is 14.0. The van der Waals surface area contributed by atoms with E-state index in [-0.39, 0.29) is 17.2 Å². The highest BCUT2D eigenvalue weighted by molar-refractivity contribution is 6.00. The monoisotopic (exact) mass is 340 g/mol. The van der Waals surface area contributed by atoms with E-state index in [1.54, 1.807) is 6.07 Å². The molecule has 0 unspecified atom stereocenters. The second-order valence-electron chi connectivity index (χ2n) is 6.14. The average Bonchev–Trinajstić information content (AvgIpc) is 2.62. The van der Waals surface area contributed by atoms with Crippen molar-refractivity contribution in [3.63, 3.8) is 0 Å². The summed E-state index contributed by atoms with van der Waals surface area (Å²) in [4.78, 5) is 23.9. The van der Waals surface area contributed by atoms with Gasteiger partial charge in [0.1, 0.15) is 0 Å². The van der Waals surface area contributed by atoms with Gasteiger partial charge in [0.2, 0.25) is 0 Å². The van der Waals surface area contributed by atoms with Gasteiger partial charge in [-0.05, 0) is 43.0 Å². The molecule has 4 heteroatoms. The summed E-state index contributed by atoms with van der Waals surface area (Å²) in [6.07, 6.45) is 3.83. The Labute approximate surface area is 148 Å². The maximum atomic E-state index is 12.6. The van der Waals surface area contributed by atoms with Crippen molar-refractivity contribution in [3.8, 4) is 11.1 Å². The number of carbonyl (C=O) groups excluding carboxylic acids is 1. The average molecular weight is 340 g/mol. The largest absolute Gasteiger partial charge is 0.478 e. The third kappa shape index (κ3) is 5.18. The zero-order chi connectivity index (χ0) is 18.2. The van der Waals surface area contributed by atoms with Gasteiger partial charge in [-0.15, -0.1) is 0 Å². The molecule has 2 rings (SSSR count). The smallest absolute Gasteiger partial charge is 0.339 e. The highest BCUT2D eigenvalue weighted by atomic mass is 16.5. The highest BCUT2D eigenvalue weighted by Crippen LogP contribution is 2.26. The standard InChI is InChI=1S/C21H24O4/c1-3-4-6-9-15(2)25-21(24)19-14-17(20(22)23)12-13-18(19)16-10-7-5-8-11-16/h5,7-8,10-15H,3-4,6,9H2,1-2H3,(H,22,23)/t15-/m1/s1. The van der Waals surface area contributed by atoms with Crippen LogP contribution in [0, 0.1) is 0 Å². The van der Waals surface area contributed by atoms with Gasteiger partial charge >= 0.3 is 11.9 Å². The Balaban J connectivity index is 2.28.